The average Bonchev–Trinajstić information content (AvgIpc) is 2.72. The highest BCUT2D eigenvalue weighted by molar-refractivity contribution is 6.00. The minimum atomic E-state index is -1.36. The standard InChI is InChI=1S/C13H13N3O7/c14-11(19)8(4-5-9(17)18)15-12(20)6-2-1-3-7(16(22)23)10(6)13(15)21/h1-3,8,20-21H,4-5H2,(H2,14,19)(H,17,18)/t8-/m0/s1. The number of aromatic hydroxyl groups is 2. The molecule has 1 atom stereocenters. The van der Waals surface area contributed by atoms with Gasteiger partial charge in [0.05, 0.1) is 10.3 Å². The zero-order valence-corrected chi connectivity index (χ0v) is 11.7. The Hall–Kier alpha value is -3.30. The molecule has 0 aliphatic rings. The van der Waals surface area contributed by atoms with Crippen molar-refractivity contribution in [1.29, 1.82) is 0 Å². The first kappa shape index (κ1) is 16.1. The van der Waals surface area contributed by atoms with Crippen molar-refractivity contribution in [2.45, 2.75) is 18.9 Å². The number of rotatable bonds is 6. The van der Waals surface area contributed by atoms with Crippen LogP contribution < -0.4 is 5.73 Å². The minimum absolute atomic E-state index is 0.0433. The van der Waals surface area contributed by atoms with E-state index in [1.807, 2.05) is 0 Å². The molecule has 0 unspecified atom stereocenters. The zero-order chi connectivity index (χ0) is 17.3. The normalized spacial score (nSPS) is 12.2. The predicted octanol–water partition coefficient (Wildman–Crippen LogP) is 0.852. The molecule has 1 amide bonds. The van der Waals surface area contributed by atoms with Crippen molar-refractivity contribution in [1.82, 2.24) is 4.57 Å². The van der Waals surface area contributed by atoms with E-state index in [0.717, 1.165) is 6.07 Å². The van der Waals surface area contributed by atoms with E-state index < -0.39 is 46.7 Å². The Morgan fingerprint density at radius 2 is 1.96 bits per heavy atom. The van der Waals surface area contributed by atoms with Crippen LogP contribution >= 0.6 is 0 Å². The summed E-state index contributed by atoms with van der Waals surface area (Å²) in [6.45, 7) is 0. The van der Waals surface area contributed by atoms with Crippen LogP contribution in [0.15, 0.2) is 18.2 Å². The van der Waals surface area contributed by atoms with Crippen molar-refractivity contribution < 1.29 is 29.8 Å². The monoisotopic (exact) mass is 323 g/mol. The molecule has 122 valence electrons. The molecule has 5 N–H and O–H groups in total. The molecule has 10 nitrogen and oxygen atoms in total. The van der Waals surface area contributed by atoms with Gasteiger partial charge in [-0.15, -0.1) is 0 Å². The first-order valence-corrected chi connectivity index (χ1v) is 6.46. The molecule has 0 bridgehead atoms. The van der Waals surface area contributed by atoms with Crippen LogP contribution in [0.3, 0.4) is 0 Å². The third-order valence-corrected chi connectivity index (χ3v) is 3.43. The van der Waals surface area contributed by atoms with Gasteiger partial charge in [-0.25, -0.2) is 0 Å². The Kier molecular flexibility index (Phi) is 4.08. The Morgan fingerprint density at radius 3 is 2.48 bits per heavy atom. The number of nitrogens with zero attached hydrogens (tertiary/aromatic N) is 2. The smallest absolute Gasteiger partial charge is 0.303 e. The lowest BCUT2D eigenvalue weighted by Gasteiger charge is -2.16. The van der Waals surface area contributed by atoms with Gasteiger partial charge in [-0.3, -0.25) is 24.3 Å². The summed E-state index contributed by atoms with van der Waals surface area (Å²) in [6.07, 6.45) is -0.732. The second kappa shape index (κ2) is 5.83. The van der Waals surface area contributed by atoms with Crippen LogP contribution in [-0.2, 0) is 9.59 Å². The number of carboxylic acid groups (broad SMARTS) is 1. The van der Waals surface area contributed by atoms with E-state index >= 15 is 0 Å². The summed E-state index contributed by atoms with van der Waals surface area (Å²) in [7, 11) is 0. The number of aromatic nitrogens is 1. The first-order chi connectivity index (χ1) is 10.8. The van der Waals surface area contributed by atoms with E-state index in [-0.39, 0.29) is 17.2 Å². The molecular formula is C13H13N3O7. The summed E-state index contributed by atoms with van der Waals surface area (Å²) >= 11 is 0. The van der Waals surface area contributed by atoms with Gasteiger partial charge >= 0.3 is 5.97 Å². The molecule has 1 aromatic heterocycles. The van der Waals surface area contributed by atoms with Gasteiger partial charge in [0, 0.05) is 12.5 Å². The second-order valence-corrected chi connectivity index (χ2v) is 4.82. The van der Waals surface area contributed by atoms with Gasteiger partial charge in [-0.2, -0.15) is 0 Å². The summed E-state index contributed by atoms with van der Waals surface area (Å²) in [4.78, 5) is 32.5. The molecule has 1 heterocycles. The molecule has 0 aliphatic carbocycles. The van der Waals surface area contributed by atoms with E-state index in [2.05, 4.69) is 0 Å². The van der Waals surface area contributed by atoms with Crippen molar-refractivity contribution in [3.05, 3.63) is 28.3 Å². The van der Waals surface area contributed by atoms with Gasteiger partial charge in [0.1, 0.15) is 11.4 Å². The number of carboxylic acids is 1. The Morgan fingerprint density at radius 1 is 1.30 bits per heavy atom. The van der Waals surface area contributed by atoms with E-state index in [0.29, 0.717) is 4.57 Å². The number of primary amides is 1. The van der Waals surface area contributed by atoms with E-state index in [4.69, 9.17) is 10.8 Å². The van der Waals surface area contributed by atoms with Crippen LogP contribution in [0.4, 0.5) is 5.69 Å². The van der Waals surface area contributed by atoms with Gasteiger partial charge in [0.2, 0.25) is 17.7 Å². The predicted molar refractivity (Wildman–Crippen MR) is 77.0 cm³/mol. The van der Waals surface area contributed by atoms with Crippen molar-refractivity contribution in [3.63, 3.8) is 0 Å². The summed E-state index contributed by atoms with van der Waals surface area (Å²) in [5.74, 6) is -3.51. The minimum Gasteiger partial charge on any atom is -0.494 e. The first-order valence-electron chi connectivity index (χ1n) is 6.46. The van der Waals surface area contributed by atoms with E-state index in [9.17, 15) is 29.9 Å². The molecule has 2 rings (SSSR count). The average molecular weight is 323 g/mol. The Labute approximate surface area is 128 Å². The lowest BCUT2D eigenvalue weighted by atomic mass is 10.1. The molecule has 10 heteroatoms. The number of carbonyl (C=O) groups is 2. The van der Waals surface area contributed by atoms with Crippen LogP contribution in [0.5, 0.6) is 11.8 Å². The molecule has 1 aromatic carbocycles. The molecule has 0 spiro atoms. The quantitative estimate of drug-likeness (QED) is 0.451. The van der Waals surface area contributed by atoms with Crippen molar-refractivity contribution in [2.75, 3.05) is 0 Å². The maximum absolute atomic E-state index is 11.6. The van der Waals surface area contributed by atoms with Crippen LogP contribution in [0, 0.1) is 10.1 Å². The maximum Gasteiger partial charge on any atom is 0.303 e. The van der Waals surface area contributed by atoms with Gasteiger partial charge in [0.15, 0.2) is 0 Å². The topological polar surface area (TPSA) is 169 Å². The molecular weight excluding hydrogens is 310 g/mol. The number of nitrogens with two attached hydrogens (primary N) is 1. The number of nitro groups is 1. The fraction of sp³-hybridized carbons (Fsp3) is 0.231. The SMILES string of the molecule is NC(=O)[C@H](CCC(=O)O)n1c(O)c2cccc([N+](=O)[O-])c2c1O. The summed E-state index contributed by atoms with van der Waals surface area (Å²) in [5.41, 5.74) is 4.74. The second-order valence-electron chi connectivity index (χ2n) is 4.82. The molecule has 0 saturated carbocycles. The number of carbonyl (C=O) groups excluding carboxylic acids is 1. The largest absolute Gasteiger partial charge is 0.494 e. The maximum atomic E-state index is 11.6. The lowest BCUT2D eigenvalue weighted by Crippen LogP contribution is -2.26. The van der Waals surface area contributed by atoms with Gasteiger partial charge in [-0.05, 0) is 12.5 Å². The number of hydrogen-bond acceptors (Lipinski definition) is 6. The fourth-order valence-electron chi connectivity index (χ4n) is 2.42. The van der Waals surface area contributed by atoms with Crippen LogP contribution in [0.1, 0.15) is 18.9 Å². The summed E-state index contributed by atoms with van der Waals surface area (Å²) in [5, 5.41) is 39.9. The van der Waals surface area contributed by atoms with Crippen molar-refractivity contribution in [3.8, 4) is 11.8 Å². The molecule has 0 fully saturated rings. The molecule has 0 radical (unpaired) electrons. The highest BCUT2D eigenvalue weighted by atomic mass is 16.6. The summed E-state index contributed by atoms with van der Waals surface area (Å²) < 4.78 is 0.711. The third-order valence-electron chi connectivity index (χ3n) is 3.43. The molecule has 2 aromatic rings. The number of aliphatic carboxylic acids is 1. The number of fused-ring (bicyclic) bond motifs is 1. The van der Waals surface area contributed by atoms with Crippen LogP contribution in [0.25, 0.3) is 10.8 Å². The van der Waals surface area contributed by atoms with Crippen molar-refractivity contribution >= 4 is 28.3 Å². The number of amides is 1. The molecule has 23 heavy (non-hydrogen) atoms. The number of nitro benzene ring substituents is 1. The number of benzene rings is 1. The van der Waals surface area contributed by atoms with Crippen molar-refractivity contribution in [2.24, 2.45) is 5.73 Å². The Balaban J connectivity index is 2.68. The van der Waals surface area contributed by atoms with Crippen LogP contribution in [-0.4, -0.2) is 36.7 Å². The molecule has 0 aliphatic heterocycles. The van der Waals surface area contributed by atoms with Gasteiger partial charge in [0.25, 0.3) is 5.69 Å². The van der Waals surface area contributed by atoms with Gasteiger partial charge < -0.3 is 21.1 Å². The highest BCUT2D eigenvalue weighted by Gasteiger charge is 2.30. The lowest BCUT2D eigenvalue weighted by molar-refractivity contribution is -0.383. The fourth-order valence-corrected chi connectivity index (χ4v) is 2.42. The number of non-ortho nitro benzene ring substituents is 1. The summed E-state index contributed by atoms with van der Waals surface area (Å²) in [6, 6.07) is 2.39. The Bertz CT molecular complexity index is 811. The highest BCUT2D eigenvalue weighted by Crippen LogP contribution is 2.43. The number of hydrogen-bond donors (Lipinski definition) is 4. The molecule has 0 saturated heterocycles. The van der Waals surface area contributed by atoms with Crippen LogP contribution in [0.2, 0.25) is 0 Å². The zero-order valence-electron chi connectivity index (χ0n) is 11.7. The van der Waals surface area contributed by atoms with E-state index in [1.54, 1.807) is 0 Å². The van der Waals surface area contributed by atoms with E-state index in [1.165, 1.54) is 12.1 Å². The third kappa shape index (κ3) is 2.73. The van der Waals surface area contributed by atoms with Gasteiger partial charge in [-0.1, -0.05) is 6.07 Å².